The van der Waals surface area contributed by atoms with E-state index in [1.54, 1.807) is 7.11 Å². The molecule has 57 heavy (non-hydrogen) atoms. The Balaban J connectivity index is 1.51. The molecular formula is C46H81ClO10. The summed E-state index contributed by atoms with van der Waals surface area (Å²) in [5, 5.41) is 21.2. The number of methoxy groups -OCH3 is 1. The van der Waals surface area contributed by atoms with Crippen LogP contribution in [0.4, 0.5) is 0 Å². The normalized spacial score (nSPS) is 24.8. The van der Waals surface area contributed by atoms with Gasteiger partial charge in [0.1, 0.15) is 24.4 Å². The van der Waals surface area contributed by atoms with Crippen molar-refractivity contribution in [2.75, 3.05) is 26.2 Å². The first-order valence-corrected chi connectivity index (χ1v) is 23.2. The van der Waals surface area contributed by atoms with Crippen molar-refractivity contribution in [1.29, 1.82) is 0 Å². The maximum Gasteiger partial charge on any atom is 0.306 e. The number of carbonyl (C=O) groups excluding carboxylic acids is 3. The summed E-state index contributed by atoms with van der Waals surface area (Å²) in [5.41, 5.74) is -0.608. The molecule has 0 bridgehead atoms. The number of hydrogen-bond acceptors (Lipinski definition) is 10. The minimum Gasteiger partial charge on any atom is -0.462 e. The quantitative estimate of drug-likeness (QED) is 0.0161. The standard InChI is InChI=1S/C46H81ClO10/c1-6-7-8-9-10-11-12-13-14-15-16-17-20-23-26-40(49)54-34-37(33-48)55-41(50)27-24-21-18-19-22-25-28-42(51)56-38-31-32-46(52,35-47)44(43(38)53-5)45(4)39(57-45)30-29-36(2)3/h29,37-39,43-44,48,52H,6-28,30-35H2,1-5H3/t37-,38+,39?,43+,44+,45-,46-/m0/s1. The molecule has 10 nitrogen and oxygen atoms in total. The van der Waals surface area contributed by atoms with Gasteiger partial charge in [0.15, 0.2) is 6.10 Å². The number of epoxide rings is 1. The van der Waals surface area contributed by atoms with Gasteiger partial charge < -0.3 is 33.9 Å². The molecular weight excluding hydrogens is 748 g/mol. The summed E-state index contributed by atoms with van der Waals surface area (Å²) >= 11 is 6.31. The molecule has 11 heteroatoms. The SMILES string of the molecule is CCCCCCCCCCCCCCCCC(=O)OC[C@H](CO)OC(=O)CCCCCCCCC(=O)O[C@@H]1CC[C@](O)(CCl)[C@@H]([C@@]2(C)OC2CC=C(C)C)[C@@H]1OC. The van der Waals surface area contributed by atoms with E-state index in [0.29, 0.717) is 38.5 Å². The number of allylic oxidation sites excluding steroid dienone is 1. The second-order valence-corrected chi connectivity index (χ2v) is 17.5. The second-order valence-electron chi connectivity index (χ2n) is 17.2. The Hall–Kier alpha value is -1.72. The molecule has 0 radical (unpaired) electrons. The van der Waals surface area contributed by atoms with Gasteiger partial charge in [0.25, 0.3) is 0 Å². The van der Waals surface area contributed by atoms with Gasteiger partial charge in [-0.1, -0.05) is 128 Å². The summed E-state index contributed by atoms with van der Waals surface area (Å²) < 4.78 is 28.6. The van der Waals surface area contributed by atoms with Crippen molar-refractivity contribution in [2.24, 2.45) is 5.92 Å². The smallest absolute Gasteiger partial charge is 0.306 e. The van der Waals surface area contributed by atoms with Crippen LogP contribution in [0.15, 0.2) is 11.6 Å². The predicted molar refractivity (Wildman–Crippen MR) is 226 cm³/mol. The number of ether oxygens (including phenoxy) is 5. The molecule has 1 unspecified atom stereocenters. The Morgan fingerprint density at radius 3 is 1.75 bits per heavy atom. The minimum absolute atomic E-state index is 0.0492. The van der Waals surface area contributed by atoms with E-state index in [4.69, 9.17) is 35.3 Å². The maximum absolute atomic E-state index is 12.9. The van der Waals surface area contributed by atoms with Crippen LogP contribution in [0.2, 0.25) is 0 Å². The average molecular weight is 830 g/mol. The first-order chi connectivity index (χ1) is 27.4. The van der Waals surface area contributed by atoms with Gasteiger partial charge in [-0.3, -0.25) is 14.4 Å². The van der Waals surface area contributed by atoms with Crippen LogP contribution in [0, 0.1) is 5.92 Å². The van der Waals surface area contributed by atoms with Crippen LogP contribution in [0.5, 0.6) is 0 Å². The average Bonchev–Trinajstić information content (AvgIpc) is 3.86. The van der Waals surface area contributed by atoms with E-state index in [1.165, 1.54) is 76.2 Å². The highest BCUT2D eigenvalue weighted by Crippen LogP contribution is 2.55. The number of esters is 3. The molecule has 0 spiro atoms. The van der Waals surface area contributed by atoms with Crippen molar-refractivity contribution in [3.63, 3.8) is 0 Å². The fourth-order valence-corrected chi connectivity index (χ4v) is 8.69. The minimum atomic E-state index is -1.18. The number of hydrogen-bond donors (Lipinski definition) is 2. The first-order valence-electron chi connectivity index (χ1n) is 22.7. The molecule has 1 saturated heterocycles. The van der Waals surface area contributed by atoms with Gasteiger partial charge in [0.2, 0.25) is 0 Å². The van der Waals surface area contributed by atoms with Crippen LogP contribution in [0.25, 0.3) is 0 Å². The van der Waals surface area contributed by atoms with Crippen molar-refractivity contribution in [1.82, 2.24) is 0 Å². The van der Waals surface area contributed by atoms with E-state index >= 15 is 0 Å². The zero-order chi connectivity index (χ0) is 41.9. The lowest BCUT2D eigenvalue weighted by molar-refractivity contribution is -0.192. The molecule has 2 rings (SSSR count). The van der Waals surface area contributed by atoms with Crippen LogP contribution in [-0.4, -0.2) is 89.9 Å². The summed E-state index contributed by atoms with van der Waals surface area (Å²) in [6.45, 7) is 7.81. The van der Waals surface area contributed by atoms with Gasteiger partial charge in [0, 0.05) is 26.4 Å². The lowest BCUT2D eigenvalue weighted by Gasteiger charge is -2.48. The molecule has 1 aliphatic carbocycles. The summed E-state index contributed by atoms with van der Waals surface area (Å²) in [6, 6.07) is 0. The molecule has 7 atom stereocenters. The van der Waals surface area contributed by atoms with Crippen molar-refractivity contribution in [3.8, 4) is 0 Å². The largest absolute Gasteiger partial charge is 0.462 e. The lowest BCUT2D eigenvalue weighted by Crippen LogP contribution is -2.61. The monoisotopic (exact) mass is 829 g/mol. The molecule has 2 fully saturated rings. The van der Waals surface area contributed by atoms with Crippen molar-refractivity contribution >= 4 is 29.5 Å². The molecule has 1 saturated carbocycles. The number of unbranched alkanes of at least 4 members (excludes halogenated alkanes) is 18. The van der Waals surface area contributed by atoms with E-state index in [0.717, 1.165) is 51.4 Å². The highest BCUT2D eigenvalue weighted by Gasteiger charge is 2.67. The molecule has 2 N–H and O–H groups in total. The number of rotatable bonds is 34. The van der Waals surface area contributed by atoms with E-state index in [1.807, 2.05) is 20.8 Å². The molecule has 0 aromatic rings. The van der Waals surface area contributed by atoms with Gasteiger partial charge in [-0.25, -0.2) is 0 Å². The Kier molecular flexibility index (Phi) is 26.6. The van der Waals surface area contributed by atoms with E-state index in [2.05, 4.69) is 13.0 Å². The third-order valence-electron chi connectivity index (χ3n) is 11.9. The first kappa shape index (κ1) is 51.4. The molecule has 0 aromatic heterocycles. The summed E-state index contributed by atoms with van der Waals surface area (Å²) in [4.78, 5) is 37.4. The van der Waals surface area contributed by atoms with Gasteiger partial charge >= 0.3 is 17.9 Å². The van der Waals surface area contributed by atoms with Crippen LogP contribution >= 0.6 is 11.6 Å². The number of carbonyl (C=O) groups is 3. The number of aliphatic hydroxyl groups excluding tert-OH is 1. The number of alkyl halides is 1. The Labute approximate surface area is 350 Å². The van der Waals surface area contributed by atoms with Gasteiger partial charge in [-0.15, -0.1) is 11.6 Å². The third kappa shape index (κ3) is 20.4. The lowest BCUT2D eigenvalue weighted by atomic mass is 9.66. The maximum atomic E-state index is 12.9. The summed E-state index contributed by atoms with van der Waals surface area (Å²) in [7, 11) is 1.58. The highest BCUT2D eigenvalue weighted by atomic mass is 35.5. The summed E-state index contributed by atoms with van der Waals surface area (Å²) in [5.74, 6) is -1.39. The predicted octanol–water partition coefficient (Wildman–Crippen LogP) is 10.2. The summed E-state index contributed by atoms with van der Waals surface area (Å²) in [6.07, 6.45) is 25.1. The fourth-order valence-electron chi connectivity index (χ4n) is 8.39. The van der Waals surface area contributed by atoms with Crippen LogP contribution in [-0.2, 0) is 38.1 Å². The molecule has 0 amide bonds. The van der Waals surface area contributed by atoms with Crippen molar-refractivity contribution in [2.45, 2.75) is 230 Å². The second kappa shape index (κ2) is 29.5. The number of aliphatic hydroxyl groups is 2. The Morgan fingerprint density at radius 1 is 0.789 bits per heavy atom. The topological polar surface area (TPSA) is 141 Å². The zero-order valence-electron chi connectivity index (χ0n) is 36.5. The highest BCUT2D eigenvalue weighted by molar-refractivity contribution is 6.18. The molecule has 2 aliphatic rings. The van der Waals surface area contributed by atoms with Crippen LogP contribution in [0.3, 0.4) is 0 Å². The van der Waals surface area contributed by atoms with Gasteiger partial charge in [0.05, 0.1) is 30.1 Å². The third-order valence-corrected chi connectivity index (χ3v) is 12.4. The van der Waals surface area contributed by atoms with E-state index < -0.39 is 48.0 Å². The zero-order valence-corrected chi connectivity index (χ0v) is 37.3. The van der Waals surface area contributed by atoms with Crippen LogP contribution in [0.1, 0.15) is 195 Å². The van der Waals surface area contributed by atoms with Crippen LogP contribution < -0.4 is 0 Å². The molecule has 1 aliphatic heterocycles. The Bertz CT molecular complexity index is 1140. The molecule has 332 valence electrons. The van der Waals surface area contributed by atoms with Gasteiger partial charge in [-0.05, 0) is 59.3 Å². The molecule has 0 aromatic carbocycles. The van der Waals surface area contributed by atoms with Crippen molar-refractivity contribution in [3.05, 3.63) is 11.6 Å². The fraction of sp³-hybridized carbons (Fsp3) is 0.891. The molecule has 1 heterocycles. The van der Waals surface area contributed by atoms with E-state index in [9.17, 15) is 24.6 Å². The van der Waals surface area contributed by atoms with E-state index in [-0.39, 0.29) is 37.0 Å². The Morgan fingerprint density at radius 2 is 1.28 bits per heavy atom. The number of halogens is 1. The van der Waals surface area contributed by atoms with Gasteiger partial charge in [-0.2, -0.15) is 0 Å². The van der Waals surface area contributed by atoms with Crippen molar-refractivity contribution < 1.29 is 48.3 Å².